The number of benzene rings is 1. The summed E-state index contributed by atoms with van der Waals surface area (Å²) in [4.78, 5) is 25.9. The zero-order valence-corrected chi connectivity index (χ0v) is 13.3. The minimum absolute atomic E-state index is 0.0295. The van der Waals surface area contributed by atoms with Crippen molar-refractivity contribution < 1.29 is 19.4 Å². The van der Waals surface area contributed by atoms with Crippen molar-refractivity contribution in [2.24, 2.45) is 5.41 Å². The summed E-state index contributed by atoms with van der Waals surface area (Å²) >= 11 is 1.62. The molecule has 2 atom stereocenters. The molecule has 0 unspecified atom stereocenters. The Hall–Kier alpha value is -1.69. The Labute approximate surface area is 133 Å². The molecule has 0 spiro atoms. The summed E-state index contributed by atoms with van der Waals surface area (Å²) in [7, 11) is 0. The van der Waals surface area contributed by atoms with Crippen LogP contribution in [0.3, 0.4) is 0 Å². The summed E-state index contributed by atoms with van der Waals surface area (Å²) in [5, 5.41) is 9.78. The Balaban J connectivity index is 1.91. The molecular weight excluding hydrogens is 302 g/mol. The van der Waals surface area contributed by atoms with Crippen LogP contribution in [0.1, 0.15) is 17.9 Å². The Morgan fingerprint density at radius 2 is 2.23 bits per heavy atom. The Kier molecular flexibility index (Phi) is 4.04. The van der Waals surface area contributed by atoms with E-state index in [9.17, 15) is 14.7 Å². The number of para-hydroxylation sites is 1. The highest BCUT2D eigenvalue weighted by atomic mass is 32.2. The first-order chi connectivity index (χ1) is 10.6. The van der Waals surface area contributed by atoms with Crippen molar-refractivity contribution in [2.75, 3.05) is 31.7 Å². The number of thioether (sulfide) groups is 1. The number of fused-ring (bicyclic) bond motifs is 3. The second-order valence-corrected chi connectivity index (χ2v) is 6.84. The number of hydrogen-bond acceptors (Lipinski definition) is 4. The van der Waals surface area contributed by atoms with Gasteiger partial charge in [-0.2, -0.15) is 11.8 Å². The zero-order valence-electron chi connectivity index (χ0n) is 12.4. The number of carboxylic acid groups (broad SMARTS) is 1. The van der Waals surface area contributed by atoms with Crippen molar-refractivity contribution >= 4 is 23.6 Å². The first-order valence-corrected chi connectivity index (χ1v) is 8.70. The second-order valence-electron chi connectivity index (χ2n) is 5.86. The van der Waals surface area contributed by atoms with E-state index in [2.05, 4.69) is 0 Å². The fraction of sp³-hybridized carbons (Fsp3) is 0.500. The van der Waals surface area contributed by atoms with E-state index in [1.165, 1.54) is 0 Å². The van der Waals surface area contributed by atoms with Crippen molar-refractivity contribution in [1.82, 2.24) is 4.90 Å². The van der Waals surface area contributed by atoms with E-state index in [1.807, 2.05) is 30.5 Å². The van der Waals surface area contributed by atoms with E-state index >= 15 is 0 Å². The van der Waals surface area contributed by atoms with Crippen molar-refractivity contribution in [1.29, 1.82) is 0 Å². The minimum Gasteiger partial charge on any atom is -0.492 e. The molecule has 3 rings (SSSR count). The van der Waals surface area contributed by atoms with Crippen LogP contribution in [0.15, 0.2) is 24.3 Å². The summed E-state index contributed by atoms with van der Waals surface area (Å²) in [5.74, 6) is 0.442. The van der Waals surface area contributed by atoms with Crippen molar-refractivity contribution in [3.05, 3.63) is 29.8 Å². The fourth-order valence-electron chi connectivity index (χ4n) is 3.37. The van der Waals surface area contributed by atoms with Crippen LogP contribution in [0, 0.1) is 5.41 Å². The van der Waals surface area contributed by atoms with E-state index < -0.39 is 11.4 Å². The van der Waals surface area contributed by atoms with Gasteiger partial charge in [-0.1, -0.05) is 18.2 Å². The molecule has 1 fully saturated rings. The minimum atomic E-state index is -1.02. The number of hydrogen-bond donors (Lipinski definition) is 1. The van der Waals surface area contributed by atoms with Gasteiger partial charge in [0.05, 0.1) is 0 Å². The molecule has 0 bridgehead atoms. The molecule has 0 aromatic heterocycles. The van der Waals surface area contributed by atoms with Crippen LogP contribution in [0.2, 0.25) is 0 Å². The van der Waals surface area contributed by atoms with Gasteiger partial charge in [0.15, 0.2) is 0 Å². The zero-order chi connectivity index (χ0) is 15.7. The highest BCUT2D eigenvalue weighted by Crippen LogP contribution is 2.49. The maximum atomic E-state index is 12.3. The van der Waals surface area contributed by atoms with Gasteiger partial charge in [-0.3, -0.25) is 9.59 Å². The SMILES string of the molecule is CSCCC(=O)N1C[C@@H]2c3ccccc3OC[C@]2(C(=O)O)C1. The van der Waals surface area contributed by atoms with Crippen LogP contribution in [0.25, 0.3) is 0 Å². The second kappa shape index (κ2) is 5.83. The van der Waals surface area contributed by atoms with Gasteiger partial charge in [0.25, 0.3) is 0 Å². The molecule has 0 radical (unpaired) electrons. The molecule has 2 heterocycles. The van der Waals surface area contributed by atoms with Crippen molar-refractivity contribution in [3.63, 3.8) is 0 Å². The van der Waals surface area contributed by atoms with Crippen LogP contribution in [-0.2, 0) is 9.59 Å². The average Bonchev–Trinajstić information content (AvgIpc) is 2.94. The molecule has 0 aliphatic carbocycles. The van der Waals surface area contributed by atoms with Crippen LogP contribution >= 0.6 is 11.8 Å². The van der Waals surface area contributed by atoms with Gasteiger partial charge in [0, 0.05) is 36.7 Å². The monoisotopic (exact) mass is 321 g/mol. The molecule has 1 amide bonds. The topological polar surface area (TPSA) is 66.8 Å². The van der Waals surface area contributed by atoms with Gasteiger partial charge in [0.2, 0.25) is 5.91 Å². The van der Waals surface area contributed by atoms with E-state index in [-0.39, 0.29) is 25.0 Å². The molecule has 1 aromatic rings. The van der Waals surface area contributed by atoms with Crippen molar-refractivity contribution in [2.45, 2.75) is 12.3 Å². The number of carboxylic acids is 1. The smallest absolute Gasteiger partial charge is 0.315 e. The van der Waals surface area contributed by atoms with Crippen LogP contribution < -0.4 is 4.74 Å². The highest BCUT2D eigenvalue weighted by molar-refractivity contribution is 7.98. The van der Waals surface area contributed by atoms with E-state index in [1.54, 1.807) is 16.7 Å². The number of aliphatic carboxylic acids is 1. The molecule has 0 saturated carbocycles. The van der Waals surface area contributed by atoms with Gasteiger partial charge in [-0.05, 0) is 12.3 Å². The maximum Gasteiger partial charge on any atom is 0.315 e. The normalized spacial score (nSPS) is 26.0. The number of rotatable bonds is 4. The number of carbonyl (C=O) groups excluding carboxylic acids is 1. The largest absolute Gasteiger partial charge is 0.492 e. The number of ether oxygens (including phenoxy) is 1. The molecule has 22 heavy (non-hydrogen) atoms. The lowest BCUT2D eigenvalue weighted by molar-refractivity contribution is -0.152. The van der Waals surface area contributed by atoms with Gasteiger partial charge in [-0.25, -0.2) is 0 Å². The predicted molar refractivity (Wildman–Crippen MR) is 84.3 cm³/mol. The Morgan fingerprint density at radius 1 is 1.45 bits per heavy atom. The quantitative estimate of drug-likeness (QED) is 0.916. The number of nitrogens with zero attached hydrogens (tertiary/aromatic N) is 1. The fourth-order valence-corrected chi connectivity index (χ4v) is 3.75. The molecule has 6 heteroatoms. The molecule has 118 valence electrons. The van der Waals surface area contributed by atoms with Gasteiger partial charge >= 0.3 is 5.97 Å². The van der Waals surface area contributed by atoms with Crippen LogP contribution in [0.5, 0.6) is 5.75 Å². The summed E-state index contributed by atoms with van der Waals surface area (Å²) in [6, 6.07) is 7.54. The number of likely N-dealkylation sites (tertiary alicyclic amines) is 1. The molecule has 2 aliphatic heterocycles. The lowest BCUT2D eigenvalue weighted by Gasteiger charge is -2.35. The predicted octanol–water partition coefficient (Wildman–Crippen LogP) is 1.83. The molecular formula is C16H19NO4S. The molecule has 5 nitrogen and oxygen atoms in total. The first kappa shape index (κ1) is 15.2. The molecule has 1 saturated heterocycles. The molecule has 1 N–H and O–H groups in total. The van der Waals surface area contributed by atoms with Crippen molar-refractivity contribution in [3.8, 4) is 5.75 Å². The van der Waals surface area contributed by atoms with Crippen LogP contribution in [-0.4, -0.2) is 53.6 Å². The van der Waals surface area contributed by atoms with Gasteiger partial charge < -0.3 is 14.7 Å². The lowest BCUT2D eigenvalue weighted by Crippen LogP contribution is -2.46. The van der Waals surface area contributed by atoms with Crippen LogP contribution in [0.4, 0.5) is 0 Å². The third-order valence-electron chi connectivity index (χ3n) is 4.62. The molecule has 1 aromatic carbocycles. The molecule has 2 aliphatic rings. The summed E-state index contributed by atoms with van der Waals surface area (Å²) < 4.78 is 5.69. The van der Waals surface area contributed by atoms with Gasteiger partial charge in [0.1, 0.15) is 17.8 Å². The summed E-state index contributed by atoms with van der Waals surface area (Å²) in [6.07, 6.45) is 2.41. The standard InChI is InChI=1S/C16H19NO4S/c1-22-7-6-14(18)17-8-12-11-4-2-3-5-13(11)21-10-16(12,9-17)15(19)20/h2-5,12H,6-10H2,1H3,(H,19,20)/t12-,16-/m1/s1. The van der Waals surface area contributed by atoms with E-state index in [4.69, 9.17) is 4.74 Å². The third kappa shape index (κ3) is 2.35. The summed E-state index contributed by atoms with van der Waals surface area (Å²) in [5.41, 5.74) is -0.125. The lowest BCUT2D eigenvalue weighted by atomic mass is 9.73. The average molecular weight is 321 g/mol. The Bertz CT molecular complexity index is 606. The Morgan fingerprint density at radius 3 is 2.95 bits per heavy atom. The highest BCUT2D eigenvalue weighted by Gasteiger charge is 2.57. The summed E-state index contributed by atoms with van der Waals surface area (Å²) in [6.45, 7) is 0.810. The van der Waals surface area contributed by atoms with Gasteiger partial charge in [-0.15, -0.1) is 0 Å². The van der Waals surface area contributed by atoms with E-state index in [0.717, 1.165) is 17.1 Å². The number of carbonyl (C=O) groups is 2. The third-order valence-corrected chi connectivity index (χ3v) is 5.23. The van der Waals surface area contributed by atoms with E-state index in [0.29, 0.717) is 13.0 Å². The maximum absolute atomic E-state index is 12.3. The number of amides is 1. The first-order valence-electron chi connectivity index (χ1n) is 7.30.